The zero-order valence-corrected chi connectivity index (χ0v) is 15.8. The fraction of sp³-hybridized carbons (Fsp3) is 0.211. The first-order valence-corrected chi connectivity index (χ1v) is 9.64. The Bertz CT molecular complexity index is 1020. The average molecular weight is 400 g/mol. The maximum atomic E-state index is 14.1. The number of fused-ring (bicyclic) bond motifs is 1. The van der Waals surface area contributed by atoms with Crippen molar-refractivity contribution in [3.05, 3.63) is 48.3 Å². The third-order valence-corrected chi connectivity index (χ3v) is 5.10. The van der Waals surface area contributed by atoms with Crippen molar-refractivity contribution in [1.82, 2.24) is 14.8 Å². The predicted molar refractivity (Wildman–Crippen MR) is 103 cm³/mol. The number of anilines is 1. The van der Waals surface area contributed by atoms with E-state index in [-0.39, 0.29) is 24.3 Å². The van der Waals surface area contributed by atoms with Crippen molar-refractivity contribution in [3.8, 4) is 22.9 Å². The number of ether oxygens (including phenoxy) is 2. The van der Waals surface area contributed by atoms with Gasteiger partial charge in [-0.05, 0) is 31.2 Å². The summed E-state index contributed by atoms with van der Waals surface area (Å²) in [6.07, 6.45) is 0. The lowest BCUT2D eigenvalue weighted by Crippen LogP contribution is -2.14. The van der Waals surface area contributed by atoms with Crippen molar-refractivity contribution in [2.75, 3.05) is 17.9 Å². The van der Waals surface area contributed by atoms with Crippen LogP contribution in [0.3, 0.4) is 0 Å². The third kappa shape index (κ3) is 3.65. The summed E-state index contributed by atoms with van der Waals surface area (Å²) in [5.74, 6) is 1.29. The normalized spacial score (nSPS) is 12.2. The highest BCUT2D eigenvalue weighted by Crippen LogP contribution is 2.34. The van der Waals surface area contributed by atoms with Crippen molar-refractivity contribution in [2.45, 2.75) is 18.6 Å². The lowest BCUT2D eigenvalue weighted by atomic mass is 10.2. The largest absolute Gasteiger partial charge is 0.454 e. The third-order valence-electron chi connectivity index (χ3n) is 4.14. The van der Waals surface area contributed by atoms with E-state index in [9.17, 15) is 9.18 Å². The Kier molecular flexibility index (Phi) is 5.16. The molecule has 0 aliphatic carbocycles. The second-order valence-corrected chi connectivity index (χ2v) is 6.88. The van der Waals surface area contributed by atoms with Gasteiger partial charge in [0.1, 0.15) is 5.82 Å². The van der Waals surface area contributed by atoms with Crippen LogP contribution < -0.4 is 14.8 Å². The number of hydrogen-bond donors (Lipinski definition) is 1. The highest BCUT2D eigenvalue weighted by atomic mass is 32.2. The minimum atomic E-state index is -0.360. The van der Waals surface area contributed by atoms with Crippen LogP contribution in [0.2, 0.25) is 0 Å². The quantitative estimate of drug-likeness (QED) is 0.638. The van der Waals surface area contributed by atoms with Gasteiger partial charge in [0.05, 0.1) is 11.3 Å². The molecule has 0 bridgehead atoms. The summed E-state index contributed by atoms with van der Waals surface area (Å²) in [4.78, 5) is 12.3. The van der Waals surface area contributed by atoms with Gasteiger partial charge in [-0.2, -0.15) is 0 Å². The molecule has 2 heterocycles. The van der Waals surface area contributed by atoms with Gasteiger partial charge in [-0.3, -0.25) is 4.79 Å². The van der Waals surface area contributed by atoms with E-state index in [0.29, 0.717) is 40.3 Å². The summed E-state index contributed by atoms with van der Waals surface area (Å²) in [5.41, 5.74) is 1.01. The van der Waals surface area contributed by atoms with Gasteiger partial charge >= 0.3 is 0 Å². The average Bonchev–Trinajstić information content (AvgIpc) is 3.32. The molecular formula is C19H17FN4O3S. The van der Waals surface area contributed by atoms with Gasteiger partial charge in [0.15, 0.2) is 22.5 Å². The minimum absolute atomic E-state index is 0.143. The Labute approximate surface area is 164 Å². The number of carbonyl (C=O) groups is 1. The molecule has 1 N–H and O–H groups in total. The van der Waals surface area contributed by atoms with E-state index in [4.69, 9.17) is 9.47 Å². The Hall–Kier alpha value is -3.07. The molecule has 0 fully saturated rings. The molecule has 144 valence electrons. The van der Waals surface area contributed by atoms with Crippen molar-refractivity contribution in [2.24, 2.45) is 0 Å². The first-order valence-electron chi connectivity index (χ1n) is 8.66. The number of halogens is 1. The van der Waals surface area contributed by atoms with E-state index >= 15 is 0 Å². The van der Waals surface area contributed by atoms with E-state index in [1.165, 1.54) is 17.8 Å². The first kappa shape index (κ1) is 18.3. The summed E-state index contributed by atoms with van der Waals surface area (Å²) in [7, 11) is 0. The first-order chi connectivity index (χ1) is 13.7. The summed E-state index contributed by atoms with van der Waals surface area (Å²) < 4.78 is 26.4. The number of nitrogens with zero attached hydrogens (tertiary/aromatic N) is 3. The van der Waals surface area contributed by atoms with Crippen LogP contribution in [-0.2, 0) is 11.3 Å². The number of benzene rings is 2. The zero-order valence-electron chi connectivity index (χ0n) is 15.0. The van der Waals surface area contributed by atoms with Gasteiger partial charge in [-0.15, -0.1) is 10.2 Å². The lowest BCUT2D eigenvalue weighted by molar-refractivity contribution is -0.113. The van der Waals surface area contributed by atoms with Gasteiger partial charge in [0.25, 0.3) is 0 Å². The van der Waals surface area contributed by atoms with Gasteiger partial charge in [-0.25, -0.2) is 4.39 Å². The molecule has 4 rings (SSSR count). The van der Waals surface area contributed by atoms with E-state index in [2.05, 4.69) is 15.5 Å². The Balaban J connectivity index is 1.43. The Morgan fingerprint density at radius 3 is 2.86 bits per heavy atom. The monoisotopic (exact) mass is 400 g/mol. The lowest BCUT2D eigenvalue weighted by Gasteiger charge is -2.08. The summed E-state index contributed by atoms with van der Waals surface area (Å²) in [6.45, 7) is 2.66. The number of hydrogen-bond acceptors (Lipinski definition) is 6. The smallest absolute Gasteiger partial charge is 0.234 e. The molecule has 2 aromatic carbocycles. The maximum Gasteiger partial charge on any atom is 0.234 e. The van der Waals surface area contributed by atoms with E-state index in [0.717, 1.165) is 0 Å². The number of rotatable bonds is 6. The molecule has 0 spiro atoms. The summed E-state index contributed by atoms with van der Waals surface area (Å²) in [5, 5.41) is 11.6. The van der Waals surface area contributed by atoms with Crippen molar-refractivity contribution >= 4 is 23.4 Å². The molecule has 0 radical (unpaired) electrons. The number of aromatic nitrogens is 3. The summed E-state index contributed by atoms with van der Waals surface area (Å²) in [6, 6.07) is 11.6. The number of nitrogens with one attached hydrogen (secondary N) is 1. The number of amides is 1. The summed E-state index contributed by atoms with van der Waals surface area (Å²) >= 11 is 1.24. The molecule has 0 unspecified atom stereocenters. The number of carbonyl (C=O) groups excluding carboxylic acids is 1. The van der Waals surface area contributed by atoms with E-state index in [1.807, 2.05) is 6.92 Å². The Morgan fingerprint density at radius 1 is 1.21 bits per heavy atom. The molecule has 3 aromatic rings. The van der Waals surface area contributed by atoms with E-state index in [1.54, 1.807) is 41.0 Å². The van der Waals surface area contributed by atoms with Crippen LogP contribution in [0, 0.1) is 5.82 Å². The Morgan fingerprint density at radius 2 is 2.04 bits per heavy atom. The molecule has 0 saturated heterocycles. The standard InChI is InChI=1S/C19H17FN4O3S/c1-2-24-18(13-5-3-4-6-14(13)20)22-23-19(24)28-10-17(25)21-12-7-8-15-16(9-12)27-11-26-15/h3-9H,2,10-11H2,1H3,(H,21,25). The molecule has 1 amide bonds. The molecule has 7 nitrogen and oxygen atoms in total. The highest BCUT2D eigenvalue weighted by Gasteiger charge is 2.18. The molecule has 1 aliphatic rings. The van der Waals surface area contributed by atoms with Crippen LogP contribution in [0.15, 0.2) is 47.6 Å². The fourth-order valence-electron chi connectivity index (χ4n) is 2.82. The van der Waals surface area contributed by atoms with Crippen LogP contribution in [0.25, 0.3) is 11.4 Å². The SMILES string of the molecule is CCn1c(SCC(=O)Nc2ccc3c(c2)OCO3)nnc1-c1ccccc1F. The van der Waals surface area contributed by atoms with Crippen LogP contribution in [0.1, 0.15) is 6.92 Å². The van der Waals surface area contributed by atoms with Crippen molar-refractivity contribution < 1.29 is 18.7 Å². The fourth-order valence-corrected chi connectivity index (χ4v) is 3.63. The number of thioether (sulfide) groups is 1. The van der Waals surface area contributed by atoms with Crippen LogP contribution in [-0.4, -0.2) is 33.2 Å². The van der Waals surface area contributed by atoms with Crippen molar-refractivity contribution in [3.63, 3.8) is 0 Å². The molecule has 9 heteroatoms. The van der Waals surface area contributed by atoms with E-state index < -0.39 is 0 Å². The molecule has 1 aliphatic heterocycles. The molecule has 0 atom stereocenters. The van der Waals surface area contributed by atoms with Gasteiger partial charge in [-0.1, -0.05) is 23.9 Å². The maximum absolute atomic E-state index is 14.1. The predicted octanol–water partition coefficient (Wildman–Crippen LogP) is 3.56. The molecule has 1 aromatic heterocycles. The second-order valence-electron chi connectivity index (χ2n) is 5.94. The van der Waals surface area contributed by atoms with Gasteiger partial charge < -0.3 is 19.4 Å². The zero-order chi connectivity index (χ0) is 19.5. The molecule has 0 saturated carbocycles. The second kappa shape index (κ2) is 7.89. The van der Waals surface area contributed by atoms with Crippen molar-refractivity contribution in [1.29, 1.82) is 0 Å². The van der Waals surface area contributed by atoms with Gasteiger partial charge in [0, 0.05) is 18.3 Å². The topological polar surface area (TPSA) is 78.3 Å². The van der Waals surface area contributed by atoms with Crippen LogP contribution in [0.5, 0.6) is 11.5 Å². The molecule has 28 heavy (non-hydrogen) atoms. The molecular weight excluding hydrogens is 383 g/mol. The van der Waals surface area contributed by atoms with Crippen LogP contribution >= 0.6 is 11.8 Å². The van der Waals surface area contributed by atoms with Crippen LogP contribution in [0.4, 0.5) is 10.1 Å². The highest BCUT2D eigenvalue weighted by molar-refractivity contribution is 7.99. The van der Waals surface area contributed by atoms with Gasteiger partial charge in [0.2, 0.25) is 12.7 Å². The minimum Gasteiger partial charge on any atom is -0.454 e.